The van der Waals surface area contributed by atoms with Gasteiger partial charge in [-0.3, -0.25) is 4.79 Å². The smallest absolute Gasteiger partial charge is 0.390 e. The summed E-state index contributed by atoms with van der Waals surface area (Å²) < 4.78 is 36.8. The molecule has 1 amide bonds. The Labute approximate surface area is 121 Å². The van der Waals surface area contributed by atoms with Crippen LogP contribution in [-0.2, 0) is 0 Å². The van der Waals surface area contributed by atoms with Crippen molar-refractivity contribution in [2.24, 2.45) is 0 Å². The van der Waals surface area contributed by atoms with Gasteiger partial charge in [0.25, 0.3) is 5.91 Å². The van der Waals surface area contributed by atoms with Crippen LogP contribution < -0.4 is 11.1 Å². The molecule has 20 heavy (non-hydrogen) atoms. The van der Waals surface area contributed by atoms with Crippen molar-refractivity contribution in [3.05, 3.63) is 28.1 Å². The number of nitrogens with one attached hydrogen (secondary N) is 1. The van der Waals surface area contributed by atoms with Crippen molar-refractivity contribution in [2.45, 2.75) is 12.6 Å². The van der Waals surface area contributed by atoms with E-state index in [-0.39, 0.29) is 10.6 Å². The van der Waals surface area contributed by atoms with Gasteiger partial charge in [0.15, 0.2) is 0 Å². The minimum Gasteiger partial charge on any atom is -0.397 e. The Morgan fingerprint density at radius 1 is 1.40 bits per heavy atom. The topological polar surface area (TPSA) is 55.1 Å². The van der Waals surface area contributed by atoms with Gasteiger partial charge in [0.05, 0.1) is 17.1 Å². The number of carbonyl (C=O) groups is 1. The standard InChI is InChI=1S/C12H10ClF3N2OS/c13-6-2-1-3-7-8(6)9(17)10(20-7)11(19)18-5-4-12(14,15)16/h1-3H,4-5,17H2,(H,18,19). The molecule has 108 valence electrons. The van der Waals surface area contributed by atoms with Gasteiger partial charge in [0.2, 0.25) is 0 Å². The molecule has 0 aliphatic heterocycles. The summed E-state index contributed by atoms with van der Waals surface area (Å²) in [6.45, 7) is -0.482. The van der Waals surface area contributed by atoms with E-state index in [0.29, 0.717) is 10.4 Å². The van der Waals surface area contributed by atoms with Gasteiger partial charge < -0.3 is 11.1 Å². The molecule has 0 spiro atoms. The van der Waals surface area contributed by atoms with Crippen LogP contribution in [0.5, 0.6) is 0 Å². The van der Waals surface area contributed by atoms with E-state index in [1.165, 1.54) is 0 Å². The molecule has 2 rings (SSSR count). The number of hydrogen-bond donors (Lipinski definition) is 2. The maximum atomic E-state index is 12.0. The zero-order valence-electron chi connectivity index (χ0n) is 10.1. The third-order valence-electron chi connectivity index (χ3n) is 2.60. The lowest BCUT2D eigenvalue weighted by atomic mass is 10.2. The molecule has 3 N–H and O–H groups in total. The highest BCUT2D eigenvalue weighted by Crippen LogP contribution is 2.37. The summed E-state index contributed by atoms with van der Waals surface area (Å²) in [7, 11) is 0. The number of amides is 1. The van der Waals surface area contributed by atoms with E-state index in [9.17, 15) is 18.0 Å². The monoisotopic (exact) mass is 322 g/mol. The highest BCUT2D eigenvalue weighted by atomic mass is 35.5. The number of benzene rings is 1. The summed E-state index contributed by atoms with van der Waals surface area (Å²) >= 11 is 7.09. The predicted molar refractivity (Wildman–Crippen MR) is 74.3 cm³/mol. The van der Waals surface area contributed by atoms with Gasteiger partial charge in [0.1, 0.15) is 4.88 Å². The Balaban J connectivity index is 2.19. The van der Waals surface area contributed by atoms with Gasteiger partial charge in [-0.25, -0.2) is 0 Å². The van der Waals surface area contributed by atoms with E-state index < -0.39 is 25.0 Å². The van der Waals surface area contributed by atoms with Crippen molar-refractivity contribution < 1.29 is 18.0 Å². The van der Waals surface area contributed by atoms with Crippen LogP contribution in [0.3, 0.4) is 0 Å². The largest absolute Gasteiger partial charge is 0.397 e. The van der Waals surface area contributed by atoms with Crippen molar-refractivity contribution in [1.29, 1.82) is 0 Å². The lowest BCUT2D eigenvalue weighted by Gasteiger charge is -2.07. The second kappa shape index (κ2) is 5.49. The maximum absolute atomic E-state index is 12.0. The van der Waals surface area contributed by atoms with E-state index in [1.807, 2.05) is 0 Å². The van der Waals surface area contributed by atoms with E-state index in [2.05, 4.69) is 5.32 Å². The molecule has 0 fully saturated rings. The molecule has 0 saturated carbocycles. The number of hydrogen-bond acceptors (Lipinski definition) is 3. The molecule has 1 aromatic heterocycles. The van der Waals surface area contributed by atoms with Crippen LogP contribution in [0.2, 0.25) is 5.02 Å². The van der Waals surface area contributed by atoms with Gasteiger partial charge in [0, 0.05) is 16.6 Å². The summed E-state index contributed by atoms with van der Waals surface area (Å²) in [6.07, 6.45) is -5.38. The number of carbonyl (C=O) groups excluding carboxylic acids is 1. The number of fused-ring (bicyclic) bond motifs is 1. The molecule has 0 aliphatic carbocycles. The zero-order chi connectivity index (χ0) is 14.9. The van der Waals surface area contributed by atoms with Crippen LogP contribution in [0.25, 0.3) is 10.1 Å². The average molecular weight is 323 g/mol. The Morgan fingerprint density at radius 2 is 2.10 bits per heavy atom. The minimum atomic E-state index is -4.30. The Morgan fingerprint density at radius 3 is 2.70 bits per heavy atom. The van der Waals surface area contributed by atoms with Crippen molar-refractivity contribution in [2.75, 3.05) is 12.3 Å². The molecule has 0 aliphatic rings. The first-order valence-electron chi connectivity index (χ1n) is 5.61. The molecular weight excluding hydrogens is 313 g/mol. The molecule has 0 saturated heterocycles. The Bertz CT molecular complexity index is 654. The summed E-state index contributed by atoms with van der Waals surface area (Å²) in [4.78, 5) is 12.0. The lowest BCUT2D eigenvalue weighted by molar-refractivity contribution is -0.132. The average Bonchev–Trinajstić information content (AvgIpc) is 2.66. The lowest BCUT2D eigenvalue weighted by Crippen LogP contribution is -2.27. The van der Waals surface area contributed by atoms with Crippen LogP contribution in [0, 0.1) is 0 Å². The molecule has 0 radical (unpaired) electrons. The predicted octanol–water partition coefficient (Wildman–Crippen LogP) is 3.82. The number of alkyl halides is 3. The van der Waals surface area contributed by atoms with E-state index in [4.69, 9.17) is 17.3 Å². The van der Waals surface area contributed by atoms with Crippen LogP contribution in [0.4, 0.5) is 18.9 Å². The molecule has 0 bridgehead atoms. The van der Waals surface area contributed by atoms with Crippen molar-refractivity contribution in [3.8, 4) is 0 Å². The number of nitrogens with two attached hydrogens (primary N) is 1. The highest BCUT2D eigenvalue weighted by Gasteiger charge is 2.27. The molecule has 1 heterocycles. The minimum absolute atomic E-state index is 0.176. The third kappa shape index (κ3) is 3.16. The molecule has 0 atom stereocenters. The number of thiophene rings is 1. The molecule has 3 nitrogen and oxygen atoms in total. The zero-order valence-corrected chi connectivity index (χ0v) is 11.6. The molecule has 8 heteroatoms. The normalized spacial score (nSPS) is 11.8. The van der Waals surface area contributed by atoms with Crippen LogP contribution in [-0.4, -0.2) is 18.6 Å². The first-order chi connectivity index (χ1) is 9.29. The highest BCUT2D eigenvalue weighted by molar-refractivity contribution is 7.21. The van der Waals surface area contributed by atoms with Crippen molar-refractivity contribution in [3.63, 3.8) is 0 Å². The van der Waals surface area contributed by atoms with Gasteiger partial charge >= 0.3 is 6.18 Å². The van der Waals surface area contributed by atoms with Gasteiger partial charge in [-0.05, 0) is 12.1 Å². The Hall–Kier alpha value is -1.47. The van der Waals surface area contributed by atoms with Crippen LogP contribution in [0.15, 0.2) is 18.2 Å². The number of rotatable bonds is 3. The molecule has 0 unspecified atom stereocenters. The van der Waals surface area contributed by atoms with Crippen LogP contribution >= 0.6 is 22.9 Å². The number of nitrogen functional groups attached to an aromatic ring is 1. The molecular formula is C12H10ClF3N2OS. The number of halogens is 4. The summed E-state index contributed by atoms with van der Waals surface area (Å²) in [6, 6.07) is 5.10. The first kappa shape index (κ1) is 14.9. The maximum Gasteiger partial charge on any atom is 0.390 e. The quantitative estimate of drug-likeness (QED) is 0.902. The summed E-state index contributed by atoms with van der Waals surface area (Å²) in [5, 5.41) is 3.17. The van der Waals surface area contributed by atoms with Gasteiger partial charge in [-0.15, -0.1) is 11.3 Å². The second-order valence-electron chi connectivity index (χ2n) is 4.08. The van der Waals surface area contributed by atoms with Crippen molar-refractivity contribution in [1.82, 2.24) is 5.32 Å². The molecule has 2 aromatic rings. The SMILES string of the molecule is Nc1c(C(=O)NCCC(F)(F)F)sc2cccc(Cl)c12. The van der Waals surface area contributed by atoms with E-state index >= 15 is 0 Å². The van der Waals surface area contributed by atoms with E-state index in [1.54, 1.807) is 18.2 Å². The third-order valence-corrected chi connectivity index (χ3v) is 4.09. The fourth-order valence-electron chi connectivity index (χ4n) is 1.70. The Kier molecular flexibility index (Phi) is 4.10. The van der Waals surface area contributed by atoms with Gasteiger partial charge in [-0.1, -0.05) is 17.7 Å². The van der Waals surface area contributed by atoms with Crippen molar-refractivity contribution >= 4 is 44.6 Å². The number of anilines is 1. The first-order valence-corrected chi connectivity index (χ1v) is 6.80. The second-order valence-corrected chi connectivity index (χ2v) is 5.54. The fraction of sp³-hybridized carbons (Fsp3) is 0.250. The van der Waals surface area contributed by atoms with E-state index in [0.717, 1.165) is 16.0 Å². The van der Waals surface area contributed by atoms with Gasteiger partial charge in [-0.2, -0.15) is 13.2 Å². The summed E-state index contributed by atoms with van der Waals surface area (Å²) in [5.74, 6) is -0.621. The summed E-state index contributed by atoms with van der Waals surface area (Å²) in [5.41, 5.74) is 6.04. The fourth-order valence-corrected chi connectivity index (χ4v) is 3.09. The van der Waals surface area contributed by atoms with Crippen LogP contribution in [0.1, 0.15) is 16.1 Å². The molecule has 1 aromatic carbocycles.